The summed E-state index contributed by atoms with van der Waals surface area (Å²) in [6.45, 7) is 3.25. The highest BCUT2D eigenvalue weighted by Crippen LogP contribution is 2.11. The molecule has 1 atom stereocenters. The van der Waals surface area contributed by atoms with Crippen LogP contribution in [0, 0.1) is 5.92 Å². The van der Waals surface area contributed by atoms with E-state index in [1.165, 1.54) is 0 Å². The first-order chi connectivity index (χ1) is 12.2. The van der Waals surface area contributed by atoms with Gasteiger partial charge >= 0.3 is 0 Å². The van der Waals surface area contributed by atoms with Crippen molar-refractivity contribution < 1.29 is 14.3 Å². The van der Waals surface area contributed by atoms with E-state index in [0.717, 1.165) is 36.6 Å². The van der Waals surface area contributed by atoms with E-state index in [2.05, 4.69) is 10.4 Å². The van der Waals surface area contributed by atoms with Gasteiger partial charge in [-0.05, 0) is 18.1 Å². The summed E-state index contributed by atoms with van der Waals surface area (Å²) in [6, 6.07) is 12.0. The molecule has 1 unspecified atom stereocenters. The Balaban J connectivity index is 1.43. The van der Waals surface area contributed by atoms with E-state index in [0.29, 0.717) is 32.1 Å². The van der Waals surface area contributed by atoms with Gasteiger partial charge in [0.1, 0.15) is 0 Å². The Labute approximate surface area is 148 Å². The molecule has 1 fully saturated rings. The Hall–Kier alpha value is -2.18. The number of hydrogen-bond acceptors (Lipinski definition) is 4. The second kappa shape index (κ2) is 8.78. The maximum Gasteiger partial charge on any atom is 0.226 e. The number of rotatable bonds is 8. The standard InChI is InChI=1S/C19H25N3O3/c1-22-18(14-25-12-15-5-3-2-4-6-15)9-17(21-22)10-19(23)20-11-16-7-8-24-13-16/h2-6,9,16H,7-8,10-14H2,1H3,(H,20,23). The van der Waals surface area contributed by atoms with E-state index < -0.39 is 0 Å². The predicted molar refractivity (Wildman–Crippen MR) is 93.8 cm³/mol. The van der Waals surface area contributed by atoms with Crippen molar-refractivity contribution in [3.63, 3.8) is 0 Å². The average molecular weight is 343 g/mol. The predicted octanol–water partition coefficient (Wildman–Crippen LogP) is 1.83. The number of carbonyl (C=O) groups is 1. The molecule has 0 radical (unpaired) electrons. The van der Waals surface area contributed by atoms with Crippen molar-refractivity contribution in [2.24, 2.45) is 13.0 Å². The number of hydrogen-bond donors (Lipinski definition) is 1. The average Bonchev–Trinajstić information content (AvgIpc) is 3.24. The van der Waals surface area contributed by atoms with Gasteiger partial charge in [-0.2, -0.15) is 5.10 Å². The van der Waals surface area contributed by atoms with Gasteiger partial charge in [-0.3, -0.25) is 9.48 Å². The van der Waals surface area contributed by atoms with Crippen LogP contribution < -0.4 is 5.32 Å². The first-order valence-electron chi connectivity index (χ1n) is 8.68. The Morgan fingerprint density at radius 2 is 2.20 bits per heavy atom. The van der Waals surface area contributed by atoms with Crippen LogP contribution in [0.3, 0.4) is 0 Å². The van der Waals surface area contributed by atoms with Gasteiger partial charge in [0.15, 0.2) is 0 Å². The number of amides is 1. The molecule has 0 saturated carbocycles. The topological polar surface area (TPSA) is 65.4 Å². The molecule has 0 aliphatic carbocycles. The van der Waals surface area contributed by atoms with E-state index in [1.54, 1.807) is 4.68 Å². The zero-order valence-electron chi connectivity index (χ0n) is 14.6. The van der Waals surface area contributed by atoms with Crippen LogP contribution in [-0.2, 0) is 41.0 Å². The van der Waals surface area contributed by atoms with Crippen LogP contribution in [-0.4, -0.2) is 35.4 Å². The third kappa shape index (κ3) is 5.41. The number of benzene rings is 1. The van der Waals surface area contributed by atoms with Crippen LogP contribution in [0.4, 0.5) is 0 Å². The molecular weight excluding hydrogens is 318 g/mol. The van der Waals surface area contributed by atoms with E-state index in [-0.39, 0.29) is 5.91 Å². The van der Waals surface area contributed by atoms with E-state index in [9.17, 15) is 4.79 Å². The minimum absolute atomic E-state index is 0.00162. The molecule has 2 heterocycles. The zero-order chi connectivity index (χ0) is 17.5. The third-order valence-corrected chi connectivity index (χ3v) is 4.34. The summed E-state index contributed by atoms with van der Waals surface area (Å²) in [7, 11) is 1.87. The molecule has 1 aliphatic rings. The van der Waals surface area contributed by atoms with Crippen molar-refractivity contribution in [2.75, 3.05) is 19.8 Å². The van der Waals surface area contributed by atoms with Crippen LogP contribution in [0.5, 0.6) is 0 Å². The molecule has 1 amide bonds. The fourth-order valence-corrected chi connectivity index (χ4v) is 2.87. The van der Waals surface area contributed by atoms with Crippen molar-refractivity contribution in [3.05, 3.63) is 53.3 Å². The smallest absolute Gasteiger partial charge is 0.226 e. The lowest BCUT2D eigenvalue weighted by molar-refractivity contribution is -0.120. The molecule has 134 valence electrons. The van der Waals surface area contributed by atoms with Crippen molar-refractivity contribution >= 4 is 5.91 Å². The van der Waals surface area contributed by atoms with Crippen molar-refractivity contribution in [1.82, 2.24) is 15.1 Å². The summed E-state index contributed by atoms with van der Waals surface area (Å²) in [5.74, 6) is 0.441. The van der Waals surface area contributed by atoms with Gasteiger partial charge in [0.05, 0.1) is 37.6 Å². The van der Waals surface area contributed by atoms with Crippen LogP contribution in [0.2, 0.25) is 0 Å². The molecule has 0 spiro atoms. The summed E-state index contributed by atoms with van der Waals surface area (Å²) in [5, 5.41) is 7.37. The highest BCUT2D eigenvalue weighted by molar-refractivity contribution is 5.78. The lowest BCUT2D eigenvalue weighted by atomic mass is 10.1. The molecule has 2 aromatic rings. The molecule has 1 aromatic carbocycles. The van der Waals surface area contributed by atoms with Crippen LogP contribution in [0.15, 0.2) is 36.4 Å². The van der Waals surface area contributed by atoms with Gasteiger partial charge in [0.2, 0.25) is 5.91 Å². The molecule has 0 bridgehead atoms. The van der Waals surface area contributed by atoms with E-state index in [4.69, 9.17) is 9.47 Å². The minimum Gasteiger partial charge on any atom is -0.381 e. The number of nitrogens with one attached hydrogen (secondary N) is 1. The fraction of sp³-hybridized carbons (Fsp3) is 0.474. The molecule has 1 N–H and O–H groups in total. The van der Waals surface area contributed by atoms with Gasteiger partial charge in [-0.15, -0.1) is 0 Å². The molecule has 25 heavy (non-hydrogen) atoms. The Bertz CT molecular complexity index is 678. The van der Waals surface area contributed by atoms with Gasteiger partial charge in [-0.25, -0.2) is 0 Å². The third-order valence-electron chi connectivity index (χ3n) is 4.34. The SMILES string of the molecule is Cn1nc(CC(=O)NCC2CCOC2)cc1COCc1ccccc1. The normalized spacial score (nSPS) is 16.9. The van der Waals surface area contributed by atoms with Crippen molar-refractivity contribution in [2.45, 2.75) is 26.1 Å². The first-order valence-corrected chi connectivity index (χ1v) is 8.68. The van der Waals surface area contributed by atoms with Crippen LogP contribution >= 0.6 is 0 Å². The van der Waals surface area contributed by atoms with Crippen LogP contribution in [0.25, 0.3) is 0 Å². The van der Waals surface area contributed by atoms with Crippen molar-refractivity contribution in [3.8, 4) is 0 Å². The van der Waals surface area contributed by atoms with Gasteiger partial charge in [-0.1, -0.05) is 30.3 Å². The summed E-state index contributed by atoms with van der Waals surface area (Å²) in [4.78, 5) is 12.1. The van der Waals surface area contributed by atoms with E-state index >= 15 is 0 Å². The largest absolute Gasteiger partial charge is 0.381 e. The summed E-state index contributed by atoms with van der Waals surface area (Å²) in [6.07, 6.45) is 1.31. The maximum absolute atomic E-state index is 12.1. The van der Waals surface area contributed by atoms with Gasteiger partial charge in [0, 0.05) is 26.1 Å². The monoisotopic (exact) mass is 343 g/mol. The molecular formula is C19H25N3O3. The Morgan fingerprint density at radius 3 is 2.96 bits per heavy atom. The Kier molecular flexibility index (Phi) is 6.19. The van der Waals surface area contributed by atoms with Crippen LogP contribution in [0.1, 0.15) is 23.4 Å². The fourth-order valence-electron chi connectivity index (χ4n) is 2.87. The molecule has 1 aliphatic heterocycles. The van der Waals surface area contributed by atoms with Gasteiger partial charge in [0.25, 0.3) is 0 Å². The van der Waals surface area contributed by atoms with Crippen molar-refractivity contribution in [1.29, 1.82) is 0 Å². The number of aromatic nitrogens is 2. The zero-order valence-corrected chi connectivity index (χ0v) is 14.6. The second-order valence-corrected chi connectivity index (χ2v) is 6.44. The number of ether oxygens (including phenoxy) is 2. The number of nitrogens with zero attached hydrogens (tertiary/aromatic N) is 2. The summed E-state index contributed by atoms with van der Waals surface area (Å²) < 4.78 is 12.8. The molecule has 1 saturated heterocycles. The highest BCUT2D eigenvalue weighted by atomic mass is 16.5. The lowest BCUT2D eigenvalue weighted by Gasteiger charge is -2.08. The van der Waals surface area contributed by atoms with Gasteiger partial charge < -0.3 is 14.8 Å². The highest BCUT2D eigenvalue weighted by Gasteiger charge is 2.17. The minimum atomic E-state index is 0.00162. The summed E-state index contributed by atoms with van der Waals surface area (Å²) in [5.41, 5.74) is 2.86. The first kappa shape index (κ1) is 17.6. The number of aryl methyl sites for hydroxylation is 1. The number of carbonyl (C=O) groups excluding carboxylic acids is 1. The van der Waals surface area contributed by atoms with E-state index in [1.807, 2.05) is 43.4 Å². The molecule has 1 aromatic heterocycles. The maximum atomic E-state index is 12.1. The second-order valence-electron chi connectivity index (χ2n) is 6.44. The Morgan fingerprint density at radius 1 is 1.36 bits per heavy atom. The quantitative estimate of drug-likeness (QED) is 0.794. The molecule has 6 nitrogen and oxygen atoms in total. The summed E-state index contributed by atoms with van der Waals surface area (Å²) >= 11 is 0. The molecule has 3 rings (SSSR count). The molecule has 6 heteroatoms. The lowest BCUT2D eigenvalue weighted by Crippen LogP contribution is -2.30.